The fourth-order valence-corrected chi connectivity index (χ4v) is 3.05. The molecule has 3 heterocycles. The molecule has 0 saturated carbocycles. The Balaban J connectivity index is 1.71. The summed E-state index contributed by atoms with van der Waals surface area (Å²) in [6, 6.07) is 13.4. The molecule has 23 heavy (non-hydrogen) atoms. The van der Waals surface area contributed by atoms with Crippen LogP contribution >= 0.6 is 11.3 Å². The first kappa shape index (κ1) is 13.7. The van der Waals surface area contributed by atoms with Crippen molar-refractivity contribution in [3.05, 3.63) is 80.8 Å². The van der Waals surface area contributed by atoms with E-state index in [2.05, 4.69) is 10.1 Å². The predicted molar refractivity (Wildman–Crippen MR) is 90.0 cm³/mol. The molecular weight excluding hydrogens is 310 g/mol. The molecule has 3 aromatic heterocycles. The summed E-state index contributed by atoms with van der Waals surface area (Å²) in [5, 5.41) is 4.24. The Bertz CT molecular complexity index is 1080. The van der Waals surface area contributed by atoms with Gasteiger partial charge in [-0.05, 0) is 23.8 Å². The summed E-state index contributed by atoms with van der Waals surface area (Å²) in [6.07, 6.45) is 6.98. The smallest absolute Gasteiger partial charge is 0.291 e. The molecule has 4 rings (SSSR count). The van der Waals surface area contributed by atoms with Crippen LogP contribution < -0.4 is 10.1 Å². The minimum Gasteiger partial charge on any atom is -0.465 e. The molecule has 1 aromatic carbocycles. The standard InChI is InChI=1S/C17H11N3O2S/c21-16-14(11-13-7-4-10-22-13)23-17-18-15(19-20(16)17)9-8-12-5-2-1-3-6-12/h1-11H/b9-8+,14-11-. The second-order valence-electron chi connectivity index (χ2n) is 4.84. The van der Waals surface area contributed by atoms with Gasteiger partial charge in [-0.3, -0.25) is 4.79 Å². The molecule has 0 unspecified atom stereocenters. The average Bonchev–Trinajstić information content (AvgIpc) is 3.27. The minimum absolute atomic E-state index is 0.187. The summed E-state index contributed by atoms with van der Waals surface area (Å²) in [4.78, 5) is 17.3. The fourth-order valence-electron chi connectivity index (χ4n) is 2.16. The highest BCUT2D eigenvalue weighted by Crippen LogP contribution is 2.08. The van der Waals surface area contributed by atoms with E-state index in [9.17, 15) is 4.79 Å². The highest BCUT2D eigenvalue weighted by atomic mass is 32.1. The molecule has 6 heteroatoms. The van der Waals surface area contributed by atoms with Crippen molar-refractivity contribution >= 4 is 34.5 Å². The van der Waals surface area contributed by atoms with E-state index >= 15 is 0 Å². The molecule has 0 radical (unpaired) electrons. The summed E-state index contributed by atoms with van der Waals surface area (Å²) in [6.45, 7) is 0. The van der Waals surface area contributed by atoms with Gasteiger partial charge in [0.25, 0.3) is 5.56 Å². The number of furan rings is 1. The van der Waals surface area contributed by atoms with Gasteiger partial charge < -0.3 is 4.42 Å². The van der Waals surface area contributed by atoms with Crippen molar-refractivity contribution in [2.24, 2.45) is 0 Å². The summed E-state index contributed by atoms with van der Waals surface area (Å²) in [5.74, 6) is 1.15. The molecule has 5 nitrogen and oxygen atoms in total. The van der Waals surface area contributed by atoms with Gasteiger partial charge >= 0.3 is 0 Å². The van der Waals surface area contributed by atoms with Crippen molar-refractivity contribution in [1.29, 1.82) is 0 Å². The molecule has 112 valence electrons. The quantitative estimate of drug-likeness (QED) is 0.581. The number of hydrogen-bond acceptors (Lipinski definition) is 5. The number of hydrogen-bond donors (Lipinski definition) is 0. The summed E-state index contributed by atoms with van der Waals surface area (Å²) >= 11 is 1.29. The number of benzene rings is 1. The van der Waals surface area contributed by atoms with Crippen LogP contribution in [-0.2, 0) is 0 Å². The van der Waals surface area contributed by atoms with Gasteiger partial charge in [-0.15, -0.1) is 5.10 Å². The van der Waals surface area contributed by atoms with Gasteiger partial charge in [0.15, 0.2) is 5.82 Å². The van der Waals surface area contributed by atoms with Gasteiger partial charge in [-0.1, -0.05) is 47.7 Å². The second-order valence-corrected chi connectivity index (χ2v) is 5.85. The summed E-state index contributed by atoms with van der Waals surface area (Å²) in [5.41, 5.74) is 0.869. The molecule has 0 N–H and O–H groups in total. The van der Waals surface area contributed by atoms with Gasteiger partial charge in [0, 0.05) is 6.08 Å². The Labute approximate surface area is 134 Å². The van der Waals surface area contributed by atoms with Gasteiger partial charge in [-0.25, -0.2) is 0 Å². The van der Waals surface area contributed by atoms with Crippen LogP contribution in [0.3, 0.4) is 0 Å². The highest BCUT2D eigenvalue weighted by Gasteiger charge is 2.09. The first-order chi connectivity index (χ1) is 11.3. The van der Waals surface area contributed by atoms with E-state index in [0.29, 0.717) is 21.1 Å². The second kappa shape index (κ2) is 5.66. The number of rotatable bonds is 3. The topological polar surface area (TPSA) is 60.4 Å². The van der Waals surface area contributed by atoms with Crippen molar-refractivity contribution in [3.8, 4) is 0 Å². The van der Waals surface area contributed by atoms with Crippen molar-refractivity contribution in [2.45, 2.75) is 0 Å². The Morgan fingerprint density at radius 3 is 2.70 bits per heavy atom. The van der Waals surface area contributed by atoms with Crippen LogP contribution in [0.15, 0.2) is 57.9 Å². The van der Waals surface area contributed by atoms with E-state index in [0.717, 1.165) is 5.56 Å². The van der Waals surface area contributed by atoms with E-state index in [1.54, 1.807) is 30.5 Å². The van der Waals surface area contributed by atoms with E-state index in [-0.39, 0.29) is 5.56 Å². The zero-order chi connectivity index (χ0) is 15.6. The SMILES string of the molecule is O=c1/c(=C/c2ccco2)sc2nc(/C=C/c3ccccc3)nn12. The Morgan fingerprint density at radius 2 is 1.96 bits per heavy atom. The fraction of sp³-hybridized carbons (Fsp3) is 0. The molecule has 0 saturated heterocycles. The van der Waals surface area contributed by atoms with Gasteiger partial charge in [0.2, 0.25) is 4.96 Å². The van der Waals surface area contributed by atoms with Crippen LogP contribution in [0.2, 0.25) is 0 Å². The minimum atomic E-state index is -0.187. The van der Waals surface area contributed by atoms with Crippen LogP contribution in [-0.4, -0.2) is 14.6 Å². The molecule has 0 aliphatic carbocycles. The highest BCUT2D eigenvalue weighted by molar-refractivity contribution is 7.15. The van der Waals surface area contributed by atoms with Gasteiger partial charge in [0.05, 0.1) is 6.26 Å². The average molecular weight is 321 g/mol. The molecule has 0 aliphatic heterocycles. The van der Waals surface area contributed by atoms with Crippen molar-refractivity contribution in [3.63, 3.8) is 0 Å². The van der Waals surface area contributed by atoms with E-state index in [1.807, 2.05) is 36.4 Å². The number of thiazole rings is 1. The van der Waals surface area contributed by atoms with Crippen LogP contribution in [0.5, 0.6) is 0 Å². The molecule has 0 spiro atoms. The molecule has 0 bridgehead atoms. The zero-order valence-corrected chi connectivity index (χ0v) is 12.7. The predicted octanol–water partition coefficient (Wildman–Crippen LogP) is 2.46. The zero-order valence-electron chi connectivity index (χ0n) is 11.9. The van der Waals surface area contributed by atoms with E-state index in [4.69, 9.17) is 4.42 Å². The third-order valence-corrected chi connectivity index (χ3v) is 4.20. The molecule has 0 atom stereocenters. The largest absolute Gasteiger partial charge is 0.465 e. The third kappa shape index (κ3) is 2.72. The van der Waals surface area contributed by atoms with Crippen LogP contribution in [0.4, 0.5) is 0 Å². The first-order valence-corrected chi connectivity index (χ1v) is 7.79. The van der Waals surface area contributed by atoms with Crippen molar-refractivity contribution in [2.75, 3.05) is 0 Å². The normalized spacial score (nSPS) is 12.6. The third-order valence-electron chi connectivity index (χ3n) is 3.24. The molecule has 4 aromatic rings. The Morgan fingerprint density at radius 1 is 1.09 bits per heavy atom. The molecule has 0 aliphatic rings. The van der Waals surface area contributed by atoms with Crippen LogP contribution in [0.1, 0.15) is 17.1 Å². The van der Waals surface area contributed by atoms with Crippen LogP contribution in [0, 0.1) is 0 Å². The molecule has 0 amide bonds. The Kier molecular flexibility index (Phi) is 3.36. The van der Waals surface area contributed by atoms with Crippen molar-refractivity contribution < 1.29 is 4.42 Å². The lowest BCUT2D eigenvalue weighted by atomic mass is 10.2. The van der Waals surface area contributed by atoms with E-state index < -0.39 is 0 Å². The maximum atomic E-state index is 12.3. The number of fused-ring (bicyclic) bond motifs is 1. The van der Waals surface area contributed by atoms with E-state index in [1.165, 1.54) is 15.9 Å². The lowest BCUT2D eigenvalue weighted by Crippen LogP contribution is -2.23. The lowest BCUT2D eigenvalue weighted by Gasteiger charge is -1.88. The van der Waals surface area contributed by atoms with Crippen LogP contribution in [0.25, 0.3) is 23.2 Å². The molecule has 0 fully saturated rings. The maximum absolute atomic E-state index is 12.3. The first-order valence-electron chi connectivity index (χ1n) is 6.97. The monoisotopic (exact) mass is 321 g/mol. The summed E-state index contributed by atoms with van der Waals surface area (Å²) < 4.78 is 7.10. The number of aromatic nitrogens is 3. The maximum Gasteiger partial charge on any atom is 0.291 e. The van der Waals surface area contributed by atoms with Gasteiger partial charge in [-0.2, -0.15) is 9.50 Å². The Hall–Kier alpha value is -2.99. The number of nitrogens with zero attached hydrogens (tertiary/aromatic N) is 3. The van der Waals surface area contributed by atoms with Gasteiger partial charge in [0.1, 0.15) is 10.3 Å². The lowest BCUT2D eigenvalue weighted by molar-refractivity contribution is 0.556. The molecular formula is C17H11N3O2S. The van der Waals surface area contributed by atoms with Crippen molar-refractivity contribution in [1.82, 2.24) is 14.6 Å². The summed E-state index contributed by atoms with van der Waals surface area (Å²) in [7, 11) is 0.